The Morgan fingerprint density at radius 3 is 2.86 bits per heavy atom. The Labute approximate surface area is 92.9 Å². The van der Waals surface area contributed by atoms with E-state index in [1.807, 2.05) is 6.92 Å². The van der Waals surface area contributed by atoms with Crippen LogP contribution < -0.4 is 4.90 Å². The molecular weight excluding hydrogens is 218 g/mol. The van der Waals surface area contributed by atoms with E-state index >= 15 is 0 Å². The van der Waals surface area contributed by atoms with E-state index in [-0.39, 0.29) is 0 Å². The van der Waals surface area contributed by atoms with Crippen molar-refractivity contribution in [2.24, 2.45) is 0 Å². The molecule has 0 aromatic carbocycles. The predicted octanol–water partition coefficient (Wildman–Crippen LogP) is 2.06. The van der Waals surface area contributed by atoms with Crippen LogP contribution in [-0.2, 0) is 4.74 Å². The van der Waals surface area contributed by atoms with Crippen LogP contribution in [0.1, 0.15) is 13.8 Å². The van der Waals surface area contributed by atoms with Crippen LogP contribution >= 0.6 is 23.6 Å². The summed E-state index contributed by atoms with van der Waals surface area (Å²) in [6.45, 7) is 7.36. The highest BCUT2D eigenvalue weighted by molar-refractivity contribution is 7.73. The van der Waals surface area contributed by atoms with Gasteiger partial charge in [-0.15, -0.1) is 5.10 Å². The van der Waals surface area contributed by atoms with Gasteiger partial charge in [-0.25, -0.2) is 0 Å². The zero-order valence-electron chi connectivity index (χ0n) is 8.45. The summed E-state index contributed by atoms with van der Waals surface area (Å²) in [7, 11) is 0. The Kier molecular flexibility index (Phi) is 5.06. The second-order valence-electron chi connectivity index (χ2n) is 2.67. The Balaban J connectivity index is 2.49. The van der Waals surface area contributed by atoms with Crippen LogP contribution in [0.25, 0.3) is 0 Å². The molecule has 1 aromatic heterocycles. The molecule has 0 aliphatic heterocycles. The Hall–Kier alpha value is -0.460. The summed E-state index contributed by atoms with van der Waals surface area (Å²) >= 11 is 6.47. The first kappa shape index (κ1) is 11.6. The Morgan fingerprint density at radius 1 is 1.57 bits per heavy atom. The third-order valence-corrected chi connectivity index (χ3v) is 2.94. The molecule has 4 nitrogen and oxygen atoms in total. The third kappa shape index (κ3) is 3.36. The van der Waals surface area contributed by atoms with Crippen LogP contribution in [0.4, 0.5) is 5.13 Å². The van der Waals surface area contributed by atoms with Crippen molar-refractivity contribution in [1.82, 2.24) is 10.2 Å². The number of rotatable bonds is 6. The summed E-state index contributed by atoms with van der Waals surface area (Å²) in [5, 5.41) is 7.84. The molecule has 0 bridgehead atoms. The van der Waals surface area contributed by atoms with Crippen LogP contribution in [0.15, 0.2) is 0 Å². The minimum absolute atomic E-state index is 0.717. The van der Waals surface area contributed by atoms with E-state index in [1.54, 1.807) is 0 Å². The van der Waals surface area contributed by atoms with Gasteiger partial charge < -0.3 is 9.64 Å². The van der Waals surface area contributed by atoms with Crippen molar-refractivity contribution in [3.63, 3.8) is 0 Å². The van der Waals surface area contributed by atoms with Gasteiger partial charge in [0.2, 0.25) is 5.13 Å². The molecule has 6 heteroatoms. The molecule has 0 atom stereocenters. The number of aromatic amines is 1. The lowest BCUT2D eigenvalue weighted by atomic mass is 10.5. The summed E-state index contributed by atoms with van der Waals surface area (Å²) < 4.78 is 6.01. The SMILES string of the molecule is CCOCCN(CC)c1n[nH]c(=S)s1. The fraction of sp³-hybridized carbons (Fsp3) is 0.750. The van der Waals surface area contributed by atoms with Crippen LogP contribution in [0.2, 0.25) is 0 Å². The minimum atomic E-state index is 0.717. The summed E-state index contributed by atoms with van der Waals surface area (Å²) in [5.41, 5.74) is 0. The van der Waals surface area contributed by atoms with Crippen molar-refractivity contribution in [1.29, 1.82) is 0 Å². The smallest absolute Gasteiger partial charge is 0.206 e. The number of likely N-dealkylation sites (N-methyl/N-ethyl adjacent to an activating group) is 1. The standard InChI is InChI=1S/C8H15N3OS2/c1-3-11(5-6-12-4-2)7-9-10-8(13)14-7/h3-6H2,1-2H3,(H,10,13). The zero-order valence-corrected chi connectivity index (χ0v) is 10.1. The number of hydrogen-bond donors (Lipinski definition) is 1. The Morgan fingerprint density at radius 2 is 2.36 bits per heavy atom. The lowest BCUT2D eigenvalue weighted by molar-refractivity contribution is 0.154. The molecule has 1 heterocycles. The average molecular weight is 233 g/mol. The van der Waals surface area contributed by atoms with Crippen molar-refractivity contribution >= 4 is 28.7 Å². The maximum absolute atomic E-state index is 5.29. The van der Waals surface area contributed by atoms with Gasteiger partial charge in [-0.2, -0.15) is 0 Å². The van der Waals surface area contributed by atoms with Crippen molar-refractivity contribution in [2.45, 2.75) is 13.8 Å². The van der Waals surface area contributed by atoms with Gasteiger partial charge >= 0.3 is 0 Å². The normalized spacial score (nSPS) is 10.4. The highest BCUT2D eigenvalue weighted by Gasteiger charge is 2.06. The topological polar surface area (TPSA) is 41.1 Å². The molecule has 0 radical (unpaired) electrons. The molecule has 0 spiro atoms. The number of nitrogens with zero attached hydrogens (tertiary/aromatic N) is 2. The quantitative estimate of drug-likeness (QED) is 0.603. The van der Waals surface area contributed by atoms with E-state index in [0.29, 0.717) is 0 Å². The van der Waals surface area contributed by atoms with Gasteiger partial charge in [0.15, 0.2) is 3.95 Å². The van der Waals surface area contributed by atoms with Gasteiger partial charge in [0.25, 0.3) is 0 Å². The van der Waals surface area contributed by atoms with Crippen molar-refractivity contribution in [3.05, 3.63) is 3.95 Å². The van der Waals surface area contributed by atoms with E-state index in [4.69, 9.17) is 17.0 Å². The van der Waals surface area contributed by atoms with E-state index in [2.05, 4.69) is 22.0 Å². The fourth-order valence-electron chi connectivity index (χ4n) is 1.07. The van der Waals surface area contributed by atoms with E-state index in [0.717, 1.165) is 35.4 Å². The van der Waals surface area contributed by atoms with E-state index < -0.39 is 0 Å². The van der Waals surface area contributed by atoms with Gasteiger partial charge in [-0.3, -0.25) is 5.10 Å². The molecule has 0 aliphatic rings. The molecule has 1 aromatic rings. The first-order valence-corrected chi connectivity index (χ1v) is 5.88. The number of ether oxygens (including phenoxy) is 1. The van der Waals surface area contributed by atoms with Gasteiger partial charge in [0, 0.05) is 19.7 Å². The molecule has 0 unspecified atom stereocenters. The van der Waals surface area contributed by atoms with Gasteiger partial charge in [-0.1, -0.05) is 11.3 Å². The molecule has 1 N–H and O–H groups in total. The van der Waals surface area contributed by atoms with E-state index in [9.17, 15) is 0 Å². The van der Waals surface area contributed by atoms with Crippen molar-refractivity contribution in [3.8, 4) is 0 Å². The molecule has 0 amide bonds. The number of anilines is 1. The van der Waals surface area contributed by atoms with Crippen LogP contribution in [-0.4, -0.2) is 36.5 Å². The van der Waals surface area contributed by atoms with Crippen LogP contribution in [0, 0.1) is 3.95 Å². The van der Waals surface area contributed by atoms with Crippen molar-refractivity contribution in [2.75, 3.05) is 31.2 Å². The zero-order chi connectivity index (χ0) is 10.4. The number of aromatic nitrogens is 2. The lowest BCUT2D eigenvalue weighted by Crippen LogP contribution is -2.27. The maximum atomic E-state index is 5.29. The molecule has 0 aliphatic carbocycles. The molecule has 80 valence electrons. The lowest BCUT2D eigenvalue weighted by Gasteiger charge is -2.18. The monoisotopic (exact) mass is 233 g/mol. The first-order chi connectivity index (χ1) is 6.77. The Bertz CT molecular complexity index is 310. The molecule has 0 saturated heterocycles. The number of nitrogens with one attached hydrogen (secondary N) is 1. The van der Waals surface area contributed by atoms with Gasteiger partial charge in [-0.05, 0) is 26.1 Å². The largest absolute Gasteiger partial charge is 0.380 e. The maximum Gasteiger partial charge on any atom is 0.206 e. The van der Waals surface area contributed by atoms with Crippen LogP contribution in [0.5, 0.6) is 0 Å². The molecule has 0 saturated carbocycles. The predicted molar refractivity (Wildman–Crippen MR) is 61.7 cm³/mol. The molecular formula is C8H15N3OS2. The summed E-state index contributed by atoms with van der Waals surface area (Å²) in [6.07, 6.45) is 0. The van der Waals surface area contributed by atoms with Gasteiger partial charge in [0.1, 0.15) is 0 Å². The first-order valence-electron chi connectivity index (χ1n) is 4.66. The summed E-state index contributed by atoms with van der Waals surface area (Å²) in [5.74, 6) is 0. The minimum Gasteiger partial charge on any atom is -0.380 e. The fourth-order valence-corrected chi connectivity index (χ4v) is 2.03. The summed E-state index contributed by atoms with van der Waals surface area (Å²) in [6, 6.07) is 0. The number of H-pyrrole nitrogens is 1. The highest BCUT2D eigenvalue weighted by Crippen LogP contribution is 2.16. The summed E-state index contributed by atoms with van der Waals surface area (Å²) in [4.78, 5) is 2.15. The molecule has 0 fully saturated rings. The molecule has 1 rings (SSSR count). The number of hydrogen-bond acceptors (Lipinski definition) is 5. The second-order valence-corrected chi connectivity index (χ2v) is 4.32. The van der Waals surface area contributed by atoms with E-state index in [1.165, 1.54) is 11.3 Å². The third-order valence-electron chi connectivity index (χ3n) is 1.79. The van der Waals surface area contributed by atoms with Crippen molar-refractivity contribution < 1.29 is 4.74 Å². The average Bonchev–Trinajstić information content (AvgIpc) is 2.60. The second kappa shape index (κ2) is 6.10. The van der Waals surface area contributed by atoms with Crippen LogP contribution in [0.3, 0.4) is 0 Å². The highest BCUT2D eigenvalue weighted by atomic mass is 32.1. The van der Waals surface area contributed by atoms with Gasteiger partial charge in [0.05, 0.1) is 6.61 Å². The molecule has 14 heavy (non-hydrogen) atoms.